The number of ether oxygens (including phenoxy) is 1. The predicted octanol–water partition coefficient (Wildman–Crippen LogP) is 2.27. The molecule has 106 valence electrons. The molecule has 1 saturated heterocycles. The molecule has 5 nitrogen and oxygen atoms in total. The van der Waals surface area contributed by atoms with Crippen molar-refractivity contribution in [3.05, 3.63) is 30.0 Å². The van der Waals surface area contributed by atoms with Crippen LogP contribution in [0, 0.1) is 0 Å². The van der Waals surface area contributed by atoms with E-state index in [9.17, 15) is 4.79 Å². The highest BCUT2D eigenvalue weighted by Crippen LogP contribution is 2.24. The Balaban J connectivity index is 1.84. The number of rotatable bonds is 2. The molecule has 0 radical (unpaired) electrons. The number of furan rings is 1. The van der Waals surface area contributed by atoms with Crippen molar-refractivity contribution >= 4 is 22.6 Å². The van der Waals surface area contributed by atoms with Crippen molar-refractivity contribution in [1.82, 2.24) is 4.90 Å². The van der Waals surface area contributed by atoms with Crippen molar-refractivity contribution in [2.45, 2.75) is 18.9 Å². The number of anilines is 1. The molecule has 1 amide bonds. The molecule has 3 rings (SSSR count). The second kappa shape index (κ2) is 5.17. The molecule has 1 aromatic heterocycles. The zero-order valence-corrected chi connectivity index (χ0v) is 11.5. The van der Waals surface area contributed by atoms with Gasteiger partial charge in [-0.25, -0.2) is 0 Å². The smallest absolute Gasteiger partial charge is 0.289 e. The van der Waals surface area contributed by atoms with Gasteiger partial charge in [-0.2, -0.15) is 0 Å². The molecule has 20 heavy (non-hydrogen) atoms. The summed E-state index contributed by atoms with van der Waals surface area (Å²) in [5, 5.41) is 0.855. The number of piperidine rings is 1. The third-order valence-electron chi connectivity index (χ3n) is 3.75. The number of nitrogens with zero attached hydrogens (tertiary/aromatic N) is 1. The van der Waals surface area contributed by atoms with E-state index in [-0.39, 0.29) is 12.0 Å². The van der Waals surface area contributed by atoms with E-state index in [2.05, 4.69) is 0 Å². The van der Waals surface area contributed by atoms with Gasteiger partial charge in [0.2, 0.25) is 0 Å². The largest absolute Gasteiger partial charge is 0.451 e. The van der Waals surface area contributed by atoms with Crippen LogP contribution in [-0.4, -0.2) is 37.1 Å². The Bertz CT molecular complexity index is 635. The van der Waals surface area contributed by atoms with Crippen LogP contribution >= 0.6 is 0 Å². The van der Waals surface area contributed by atoms with Gasteiger partial charge < -0.3 is 19.8 Å². The Hall–Kier alpha value is -2.01. The maximum Gasteiger partial charge on any atom is 0.289 e. The first-order chi connectivity index (χ1) is 9.67. The van der Waals surface area contributed by atoms with E-state index in [1.807, 2.05) is 6.07 Å². The van der Waals surface area contributed by atoms with E-state index in [1.165, 1.54) is 0 Å². The summed E-state index contributed by atoms with van der Waals surface area (Å²) in [5.41, 5.74) is 7.08. The number of likely N-dealkylation sites (tertiary alicyclic amines) is 1. The van der Waals surface area contributed by atoms with E-state index in [4.69, 9.17) is 14.9 Å². The molecular formula is C15H18N2O3. The van der Waals surface area contributed by atoms with Crippen molar-refractivity contribution in [3.8, 4) is 0 Å². The average Bonchev–Trinajstić information content (AvgIpc) is 2.89. The van der Waals surface area contributed by atoms with Gasteiger partial charge in [-0.1, -0.05) is 0 Å². The standard InChI is InChI=1S/C15H18N2O3/c1-19-12-3-2-6-17(9-12)15(18)14-8-10-7-11(16)4-5-13(10)20-14/h4-5,7-8,12H,2-3,6,9,16H2,1H3. The third kappa shape index (κ3) is 2.36. The number of benzene rings is 1. The van der Waals surface area contributed by atoms with Crippen molar-refractivity contribution < 1.29 is 13.9 Å². The summed E-state index contributed by atoms with van der Waals surface area (Å²) in [6, 6.07) is 7.12. The number of carbonyl (C=O) groups is 1. The van der Waals surface area contributed by atoms with Crippen LogP contribution < -0.4 is 5.73 Å². The molecule has 1 aliphatic heterocycles. The summed E-state index contributed by atoms with van der Waals surface area (Å²) < 4.78 is 11.0. The van der Waals surface area contributed by atoms with Gasteiger partial charge in [0.25, 0.3) is 5.91 Å². The van der Waals surface area contributed by atoms with Gasteiger partial charge >= 0.3 is 0 Å². The van der Waals surface area contributed by atoms with Gasteiger partial charge in [-0.15, -0.1) is 0 Å². The molecule has 0 bridgehead atoms. The van der Waals surface area contributed by atoms with E-state index in [1.54, 1.807) is 30.2 Å². The maximum absolute atomic E-state index is 12.5. The molecule has 0 spiro atoms. The summed E-state index contributed by atoms with van der Waals surface area (Å²) in [4.78, 5) is 14.3. The molecule has 1 fully saturated rings. The second-order valence-corrected chi connectivity index (χ2v) is 5.16. The van der Waals surface area contributed by atoms with E-state index >= 15 is 0 Å². The topological polar surface area (TPSA) is 68.7 Å². The first-order valence-corrected chi connectivity index (χ1v) is 6.78. The van der Waals surface area contributed by atoms with Gasteiger partial charge in [-0.3, -0.25) is 4.79 Å². The van der Waals surface area contributed by atoms with Crippen molar-refractivity contribution in [1.29, 1.82) is 0 Å². The van der Waals surface area contributed by atoms with Crippen LogP contribution in [0.4, 0.5) is 5.69 Å². The first kappa shape index (κ1) is 13.0. The van der Waals surface area contributed by atoms with E-state index in [0.29, 0.717) is 23.6 Å². The molecule has 1 aliphatic rings. The van der Waals surface area contributed by atoms with Crippen LogP contribution in [0.25, 0.3) is 11.0 Å². The Morgan fingerprint density at radius 2 is 2.30 bits per heavy atom. The zero-order valence-electron chi connectivity index (χ0n) is 11.5. The van der Waals surface area contributed by atoms with Crippen LogP contribution in [0.5, 0.6) is 0 Å². The lowest BCUT2D eigenvalue weighted by molar-refractivity contribution is 0.0253. The van der Waals surface area contributed by atoms with Gasteiger partial charge in [-0.05, 0) is 37.1 Å². The summed E-state index contributed by atoms with van der Waals surface area (Å²) in [6.07, 6.45) is 2.07. The summed E-state index contributed by atoms with van der Waals surface area (Å²) in [7, 11) is 1.68. The maximum atomic E-state index is 12.5. The molecule has 2 heterocycles. The fraction of sp³-hybridized carbons (Fsp3) is 0.400. The monoisotopic (exact) mass is 274 g/mol. The molecule has 2 aromatic rings. The second-order valence-electron chi connectivity index (χ2n) is 5.16. The van der Waals surface area contributed by atoms with Gasteiger partial charge in [0.05, 0.1) is 6.10 Å². The van der Waals surface area contributed by atoms with Crippen molar-refractivity contribution in [2.75, 3.05) is 25.9 Å². The average molecular weight is 274 g/mol. The molecule has 1 unspecified atom stereocenters. The molecule has 1 aromatic carbocycles. The van der Waals surface area contributed by atoms with Crippen LogP contribution in [0.1, 0.15) is 23.4 Å². The number of fused-ring (bicyclic) bond motifs is 1. The number of amides is 1. The van der Waals surface area contributed by atoms with E-state index < -0.39 is 0 Å². The van der Waals surface area contributed by atoms with Crippen LogP contribution in [0.15, 0.2) is 28.7 Å². The predicted molar refractivity (Wildman–Crippen MR) is 76.6 cm³/mol. The minimum atomic E-state index is -0.0819. The number of nitrogens with two attached hydrogens (primary N) is 1. The Morgan fingerprint density at radius 1 is 1.45 bits per heavy atom. The fourth-order valence-corrected chi connectivity index (χ4v) is 2.64. The first-order valence-electron chi connectivity index (χ1n) is 6.78. The lowest BCUT2D eigenvalue weighted by Crippen LogP contribution is -2.42. The highest BCUT2D eigenvalue weighted by Gasteiger charge is 2.26. The minimum Gasteiger partial charge on any atom is -0.451 e. The third-order valence-corrected chi connectivity index (χ3v) is 3.75. The minimum absolute atomic E-state index is 0.0819. The summed E-state index contributed by atoms with van der Waals surface area (Å²) in [6.45, 7) is 1.37. The normalized spacial score (nSPS) is 19.4. The number of hydrogen-bond donors (Lipinski definition) is 1. The number of methoxy groups -OCH3 is 1. The molecular weight excluding hydrogens is 256 g/mol. The Labute approximate surface area is 117 Å². The number of carbonyl (C=O) groups excluding carboxylic acids is 1. The van der Waals surface area contributed by atoms with Crippen molar-refractivity contribution in [2.24, 2.45) is 0 Å². The van der Waals surface area contributed by atoms with Crippen LogP contribution in [-0.2, 0) is 4.74 Å². The lowest BCUT2D eigenvalue weighted by atomic mass is 10.1. The quantitative estimate of drug-likeness (QED) is 0.853. The lowest BCUT2D eigenvalue weighted by Gasteiger charge is -2.31. The fourth-order valence-electron chi connectivity index (χ4n) is 2.64. The zero-order chi connectivity index (χ0) is 14.1. The van der Waals surface area contributed by atoms with Crippen LogP contribution in [0.2, 0.25) is 0 Å². The summed E-state index contributed by atoms with van der Waals surface area (Å²) >= 11 is 0. The van der Waals surface area contributed by atoms with Crippen LogP contribution in [0.3, 0.4) is 0 Å². The molecule has 1 atom stereocenters. The Kier molecular flexibility index (Phi) is 3.36. The van der Waals surface area contributed by atoms with Gasteiger partial charge in [0, 0.05) is 31.3 Å². The highest BCUT2D eigenvalue weighted by molar-refractivity contribution is 5.96. The molecule has 5 heteroatoms. The van der Waals surface area contributed by atoms with Gasteiger partial charge in [0.1, 0.15) is 5.58 Å². The molecule has 2 N–H and O–H groups in total. The Morgan fingerprint density at radius 3 is 3.10 bits per heavy atom. The number of hydrogen-bond acceptors (Lipinski definition) is 4. The van der Waals surface area contributed by atoms with Gasteiger partial charge in [0.15, 0.2) is 5.76 Å². The van der Waals surface area contributed by atoms with Crippen molar-refractivity contribution in [3.63, 3.8) is 0 Å². The summed E-state index contributed by atoms with van der Waals surface area (Å²) in [5.74, 6) is 0.281. The molecule has 0 saturated carbocycles. The molecule has 0 aliphatic carbocycles. The SMILES string of the molecule is COC1CCCN(C(=O)c2cc3cc(N)ccc3o2)C1. The number of nitrogen functional groups attached to an aromatic ring is 1. The van der Waals surface area contributed by atoms with E-state index in [0.717, 1.165) is 24.8 Å². The highest BCUT2D eigenvalue weighted by atomic mass is 16.5.